The predicted octanol–water partition coefficient (Wildman–Crippen LogP) is 3.25. The zero-order valence-electron chi connectivity index (χ0n) is 15.9. The highest BCUT2D eigenvalue weighted by molar-refractivity contribution is 5.78. The second kappa shape index (κ2) is 8.21. The number of carbonyl (C=O) groups excluding carboxylic acids is 1. The molecule has 0 N–H and O–H groups in total. The second-order valence-electron chi connectivity index (χ2n) is 7.83. The minimum atomic E-state index is 0.196. The Balaban J connectivity index is 1.24. The molecule has 1 aliphatic heterocycles. The van der Waals surface area contributed by atoms with Crippen molar-refractivity contribution in [2.24, 2.45) is 5.92 Å². The molecule has 144 valence electrons. The molecule has 1 amide bonds. The molecule has 1 aliphatic carbocycles. The van der Waals surface area contributed by atoms with Crippen molar-refractivity contribution in [3.8, 4) is 0 Å². The summed E-state index contributed by atoms with van der Waals surface area (Å²) in [6.45, 7) is 4.74. The van der Waals surface area contributed by atoms with Crippen LogP contribution in [0.3, 0.4) is 0 Å². The molecule has 1 saturated carbocycles. The van der Waals surface area contributed by atoms with Gasteiger partial charge in [0.2, 0.25) is 5.91 Å². The summed E-state index contributed by atoms with van der Waals surface area (Å²) in [5.74, 6) is 2.50. The first-order valence-corrected chi connectivity index (χ1v) is 9.91. The number of ether oxygens (including phenoxy) is 1. The van der Waals surface area contributed by atoms with Gasteiger partial charge >= 0.3 is 0 Å². The first-order valence-electron chi connectivity index (χ1n) is 9.91. The smallest absolute Gasteiger partial charge is 0.252 e. The Labute approximate surface area is 159 Å². The number of nitrogens with zero attached hydrogens (tertiary/aromatic N) is 3. The van der Waals surface area contributed by atoms with E-state index in [1.807, 2.05) is 17.0 Å². The molecule has 2 heterocycles. The van der Waals surface area contributed by atoms with Crippen molar-refractivity contribution in [1.82, 2.24) is 15.0 Å². The Bertz CT molecular complexity index is 776. The maximum absolute atomic E-state index is 12.6. The third-order valence-corrected chi connectivity index (χ3v) is 5.41. The van der Waals surface area contributed by atoms with Gasteiger partial charge in [0.15, 0.2) is 5.82 Å². The molecule has 27 heavy (non-hydrogen) atoms. The van der Waals surface area contributed by atoms with E-state index in [-0.39, 0.29) is 11.8 Å². The molecule has 0 radical (unpaired) electrons. The van der Waals surface area contributed by atoms with Crippen molar-refractivity contribution in [3.05, 3.63) is 47.1 Å². The summed E-state index contributed by atoms with van der Waals surface area (Å²) >= 11 is 0. The second-order valence-corrected chi connectivity index (χ2v) is 7.83. The van der Waals surface area contributed by atoms with E-state index in [1.54, 1.807) is 0 Å². The van der Waals surface area contributed by atoms with Gasteiger partial charge in [0, 0.05) is 19.0 Å². The molecule has 2 aliphatic rings. The van der Waals surface area contributed by atoms with Crippen molar-refractivity contribution < 1.29 is 14.1 Å². The van der Waals surface area contributed by atoms with Crippen LogP contribution >= 0.6 is 0 Å². The summed E-state index contributed by atoms with van der Waals surface area (Å²) in [5.41, 5.74) is 2.27. The number of piperidine rings is 1. The number of rotatable bonds is 7. The fraction of sp³-hybridized carbons (Fsp3) is 0.571. The normalized spacial score (nSPS) is 18.0. The van der Waals surface area contributed by atoms with Crippen LogP contribution in [0.25, 0.3) is 0 Å². The van der Waals surface area contributed by atoms with Gasteiger partial charge in [0.1, 0.15) is 6.61 Å². The molecule has 0 unspecified atom stereocenters. The molecule has 4 rings (SSSR count). The largest absolute Gasteiger partial charge is 0.371 e. The lowest BCUT2D eigenvalue weighted by molar-refractivity contribution is -0.131. The average Bonchev–Trinajstić information content (AvgIpc) is 3.37. The number of aromatic nitrogens is 2. The van der Waals surface area contributed by atoms with E-state index in [4.69, 9.17) is 9.26 Å². The van der Waals surface area contributed by atoms with Crippen LogP contribution in [0.2, 0.25) is 0 Å². The number of hydrogen-bond donors (Lipinski definition) is 0. The van der Waals surface area contributed by atoms with Crippen LogP contribution in [0.5, 0.6) is 0 Å². The van der Waals surface area contributed by atoms with Crippen LogP contribution in [-0.2, 0) is 22.6 Å². The van der Waals surface area contributed by atoms with Gasteiger partial charge in [-0.25, -0.2) is 0 Å². The Kier molecular flexibility index (Phi) is 5.53. The lowest BCUT2D eigenvalue weighted by Crippen LogP contribution is -2.39. The molecule has 1 saturated heterocycles. The van der Waals surface area contributed by atoms with Gasteiger partial charge < -0.3 is 14.2 Å². The molecule has 6 heteroatoms. The highest BCUT2D eigenvalue weighted by atomic mass is 16.5. The molecule has 0 spiro atoms. The summed E-state index contributed by atoms with van der Waals surface area (Å²) < 4.78 is 10.9. The molecule has 1 aromatic carbocycles. The van der Waals surface area contributed by atoms with Gasteiger partial charge in [-0.1, -0.05) is 35.0 Å². The van der Waals surface area contributed by atoms with Crippen molar-refractivity contribution >= 4 is 5.91 Å². The SMILES string of the molecule is Cc1cccc(CC(=O)N2CCC(c3noc(COCC4CC4)n3)CC2)c1. The molecule has 6 nitrogen and oxygen atoms in total. The summed E-state index contributed by atoms with van der Waals surface area (Å²) in [7, 11) is 0. The highest BCUT2D eigenvalue weighted by Gasteiger charge is 2.27. The lowest BCUT2D eigenvalue weighted by Gasteiger charge is -2.30. The quantitative estimate of drug-likeness (QED) is 0.749. The average molecular weight is 369 g/mol. The maximum Gasteiger partial charge on any atom is 0.252 e. The van der Waals surface area contributed by atoms with Crippen molar-refractivity contribution in [3.63, 3.8) is 0 Å². The van der Waals surface area contributed by atoms with Crippen molar-refractivity contribution in [2.75, 3.05) is 19.7 Å². The van der Waals surface area contributed by atoms with E-state index in [1.165, 1.54) is 18.4 Å². The molecule has 2 fully saturated rings. The van der Waals surface area contributed by atoms with Crippen LogP contribution in [0.1, 0.15) is 54.4 Å². The third-order valence-electron chi connectivity index (χ3n) is 5.41. The van der Waals surface area contributed by atoms with E-state index >= 15 is 0 Å². The van der Waals surface area contributed by atoms with Crippen LogP contribution in [0.4, 0.5) is 0 Å². The van der Waals surface area contributed by atoms with Crippen LogP contribution in [0, 0.1) is 12.8 Å². The van der Waals surface area contributed by atoms with Crippen LogP contribution in [0.15, 0.2) is 28.8 Å². The summed E-state index contributed by atoms with van der Waals surface area (Å²) in [4.78, 5) is 19.0. The van der Waals surface area contributed by atoms with Crippen LogP contribution < -0.4 is 0 Å². The topological polar surface area (TPSA) is 68.5 Å². The number of hydrogen-bond acceptors (Lipinski definition) is 5. The van der Waals surface area contributed by atoms with Gasteiger partial charge in [-0.2, -0.15) is 4.98 Å². The zero-order chi connectivity index (χ0) is 18.6. The zero-order valence-corrected chi connectivity index (χ0v) is 15.9. The first kappa shape index (κ1) is 18.2. The molecule has 2 aromatic rings. The number of benzene rings is 1. The number of likely N-dealkylation sites (tertiary alicyclic amines) is 1. The summed E-state index contributed by atoms with van der Waals surface area (Å²) in [6, 6.07) is 8.16. The third kappa shape index (κ3) is 4.95. The number of amides is 1. The number of carbonyl (C=O) groups is 1. The first-order chi connectivity index (χ1) is 13.2. The van der Waals surface area contributed by atoms with Gasteiger partial charge in [0.25, 0.3) is 5.89 Å². The van der Waals surface area contributed by atoms with Gasteiger partial charge in [-0.3, -0.25) is 4.79 Å². The Morgan fingerprint density at radius 3 is 2.81 bits per heavy atom. The standard InChI is InChI=1S/C21H27N3O3/c1-15-3-2-4-17(11-15)12-20(25)24-9-7-18(8-10-24)21-22-19(27-23-21)14-26-13-16-5-6-16/h2-4,11,16,18H,5-10,12-14H2,1H3. The van der Waals surface area contributed by atoms with E-state index in [0.29, 0.717) is 18.9 Å². The summed E-state index contributed by atoms with van der Waals surface area (Å²) in [6.07, 6.45) is 4.77. The molecular weight excluding hydrogens is 342 g/mol. The van der Waals surface area contributed by atoms with Gasteiger partial charge in [-0.15, -0.1) is 0 Å². The van der Waals surface area contributed by atoms with Gasteiger partial charge in [-0.05, 0) is 44.1 Å². The molecule has 0 atom stereocenters. The van der Waals surface area contributed by atoms with Crippen LogP contribution in [-0.4, -0.2) is 40.6 Å². The van der Waals surface area contributed by atoms with E-state index in [0.717, 1.165) is 49.8 Å². The summed E-state index contributed by atoms with van der Waals surface area (Å²) in [5, 5.41) is 4.13. The lowest BCUT2D eigenvalue weighted by atomic mass is 9.95. The fourth-order valence-corrected chi connectivity index (χ4v) is 3.59. The maximum atomic E-state index is 12.6. The predicted molar refractivity (Wildman–Crippen MR) is 100 cm³/mol. The highest BCUT2D eigenvalue weighted by Crippen LogP contribution is 2.29. The van der Waals surface area contributed by atoms with E-state index in [9.17, 15) is 4.79 Å². The van der Waals surface area contributed by atoms with Crippen molar-refractivity contribution in [2.45, 2.75) is 51.6 Å². The Hall–Kier alpha value is -2.21. The van der Waals surface area contributed by atoms with Crippen molar-refractivity contribution in [1.29, 1.82) is 0 Å². The van der Waals surface area contributed by atoms with E-state index < -0.39 is 0 Å². The van der Waals surface area contributed by atoms with E-state index in [2.05, 4.69) is 29.2 Å². The molecule has 1 aromatic heterocycles. The van der Waals surface area contributed by atoms with Gasteiger partial charge in [0.05, 0.1) is 13.0 Å². The Morgan fingerprint density at radius 1 is 1.26 bits per heavy atom. The minimum Gasteiger partial charge on any atom is -0.371 e. The fourth-order valence-electron chi connectivity index (χ4n) is 3.59. The number of aryl methyl sites for hydroxylation is 1. The minimum absolute atomic E-state index is 0.196. The monoisotopic (exact) mass is 369 g/mol. The molecule has 0 bridgehead atoms. The Morgan fingerprint density at radius 2 is 2.07 bits per heavy atom. The molecular formula is C21H27N3O3.